The monoisotopic (exact) mass is 262 g/mol. The molecule has 0 saturated carbocycles. The lowest BCUT2D eigenvalue weighted by molar-refractivity contribution is 0.560. The number of halogens is 1. The van der Waals surface area contributed by atoms with Crippen LogP contribution in [0.15, 0.2) is 30.5 Å². The summed E-state index contributed by atoms with van der Waals surface area (Å²) in [6.07, 6.45) is 9.46. The largest absolute Gasteiger partial charge is 0.347 e. The van der Waals surface area contributed by atoms with Crippen LogP contribution in [-0.4, -0.2) is 11.1 Å². The van der Waals surface area contributed by atoms with Gasteiger partial charge in [-0.15, -0.1) is 0 Å². The third-order valence-electron chi connectivity index (χ3n) is 3.59. The predicted octanol–water partition coefficient (Wildman–Crippen LogP) is 4.08. The Balaban J connectivity index is 1.76. The number of unbranched alkanes of at least 4 members (excludes halogenated alkanes) is 5. The van der Waals surface area contributed by atoms with Crippen molar-refractivity contribution in [3.63, 3.8) is 0 Å². The molecule has 0 aliphatic heterocycles. The Morgan fingerprint density at radius 3 is 2.47 bits per heavy atom. The summed E-state index contributed by atoms with van der Waals surface area (Å²) < 4.78 is 15.3. The van der Waals surface area contributed by atoms with Crippen LogP contribution in [0.1, 0.15) is 38.5 Å². The average molecular weight is 262 g/mol. The number of rotatable bonds is 8. The molecule has 2 N–H and O–H groups in total. The molecule has 0 amide bonds. The summed E-state index contributed by atoms with van der Waals surface area (Å²) in [5, 5.41) is 0.989. The maximum atomic E-state index is 13.1. The van der Waals surface area contributed by atoms with E-state index in [1.165, 1.54) is 38.2 Å². The van der Waals surface area contributed by atoms with Gasteiger partial charge in [0.25, 0.3) is 0 Å². The summed E-state index contributed by atoms with van der Waals surface area (Å²) in [6.45, 7) is 1.83. The molecule has 0 radical (unpaired) electrons. The van der Waals surface area contributed by atoms with Gasteiger partial charge in [-0.1, -0.05) is 25.7 Å². The number of nitrogens with zero attached hydrogens (tertiary/aromatic N) is 1. The second kappa shape index (κ2) is 7.29. The first-order valence-electron chi connectivity index (χ1n) is 7.26. The Hall–Kier alpha value is -1.35. The van der Waals surface area contributed by atoms with E-state index in [-0.39, 0.29) is 5.82 Å². The highest BCUT2D eigenvalue weighted by atomic mass is 19.1. The molecule has 1 aromatic carbocycles. The van der Waals surface area contributed by atoms with Gasteiger partial charge in [-0.2, -0.15) is 0 Å². The van der Waals surface area contributed by atoms with Gasteiger partial charge in [-0.05, 0) is 43.7 Å². The maximum absolute atomic E-state index is 13.1. The van der Waals surface area contributed by atoms with Crippen molar-refractivity contribution in [1.29, 1.82) is 0 Å². The van der Waals surface area contributed by atoms with E-state index in [2.05, 4.69) is 10.8 Å². The summed E-state index contributed by atoms with van der Waals surface area (Å²) in [6, 6.07) is 6.98. The van der Waals surface area contributed by atoms with E-state index >= 15 is 0 Å². The minimum atomic E-state index is -0.162. The molecular formula is C16H23FN2. The summed E-state index contributed by atoms with van der Waals surface area (Å²) in [4.78, 5) is 0. The smallest absolute Gasteiger partial charge is 0.123 e. The van der Waals surface area contributed by atoms with Crippen molar-refractivity contribution >= 4 is 10.9 Å². The fourth-order valence-electron chi connectivity index (χ4n) is 2.50. The molecule has 1 aromatic heterocycles. The van der Waals surface area contributed by atoms with Crippen LogP contribution in [0.4, 0.5) is 4.39 Å². The fourth-order valence-corrected chi connectivity index (χ4v) is 2.50. The van der Waals surface area contributed by atoms with E-state index in [0.29, 0.717) is 0 Å². The van der Waals surface area contributed by atoms with Gasteiger partial charge >= 0.3 is 0 Å². The van der Waals surface area contributed by atoms with Crippen molar-refractivity contribution in [2.75, 3.05) is 6.54 Å². The molecule has 0 saturated heterocycles. The summed E-state index contributed by atoms with van der Waals surface area (Å²) in [7, 11) is 0. The van der Waals surface area contributed by atoms with Crippen LogP contribution in [0.3, 0.4) is 0 Å². The lowest BCUT2D eigenvalue weighted by Gasteiger charge is -2.05. The Morgan fingerprint density at radius 2 is 1.68 bits per heavy atom. The highest BCUT2D eigenvalue weighted by molar-refractivity contribution is 5.80. The molecule has 1 heterocycles. The normalized spacial score (nSPS) is 11.3. The lowest BCUT2D eigenvalue weighted by Crippen LogP contribution is -1.98. The van der Waals surface area contributed by atoms with Gasteiger partial charge in [0.2, 0.25) is 0 Å². The van der Waals surface area contributed by atoms with Crippen LogP contribution in [0, 0.1) is 5.82 Å². The fraction of sp³-hybridized carbons (Fsp3) is 0.500. The Kier molecular flexibility index (Phi) is 5.40. The molecule has 2 nitrogen and oxygen atoms in total. The van der Waals surface area contributed by atoms with Gasteiger partial charge in [0, 0.05) is 23.6 Å². The van der Waals surface area contributed by atoms with Gasteiger partial charge in [-0.3, -0.25) is 0 Å². The summed E-state index contributed by atoms with van der Waals surface area (Å²) in [5.41, 5.74) is 6.60. The Labute approximate surface area is 114 Å². The predicted molar refractivity (Wildman–Crippen MR) is 78.7 cm³/mol. The first kappa shape index (κ1) is 14.1. The van der Waals surface area contributed by atoms with Crippen molar-refractivity contribution in [1.82, 2.24) is 4.57 Å². The van der Waals surface area contributed by atoms with Crippen LogP contribution < -0.4 is 5.73 Å². The first-order valence-corrected chi connectivity index (χ1v) is 7.26. The minimum Gasteiger partial charge on any atom is -0.347 e. The van der Waals surface area contributed by atoms with Crippen molar-refractivity contribution in [3.05, 3.63) is 36.3 Å². The maximum Gasteiger partial charge on any atom is 0.123 e. The van der Waals surface area contributed by atoms with E-state index in [0.717, 1.165) is 30.4 Å². The van der Waals surface area contributed by atoms with Gasteiger partial charge in [0.15, 0.2) is 0 Å². The minimum absolute atomic E-state index is 0.162. The van der Waals surface area contributed by atoms with E-state index < -0.39 is 0 Å². The van der Waals surface area contributed by atoms with Gasteiger partial charge in [0.05, 0.1) is 0 Å². The second-order valence-corrected chi connectivity index (χ2v) is 5.12. The van der Waals surface area contributed by atoms with Gasteiger partial charge in [-0.25, -0.2) is 4.39 Å². The van der Waals surface area contributed by atoms with Crippen LogP contribution in [-0.2, 0) is 6.54 Å². The zero-order valence-corrected chi connectivity index (χ0v) is 11.4. The van der Waals surface area contributed by atoms with Crippen molar-refractivity contribution in [2.24, 2.45) is 5.73 Å². The lowest BCUT2D eigenvalue weighted by atomic mass is 10.1. The van der Waals surface area contributed by atoms with E-state index in [9.17, 15) is 4.39 Å². The number of nitrogens with two attached hydrogens (primary N) is 1. The molecule has 0 aliphatic rings. The van der Waals surface area contributed by atoms with Crippen LogP contribution in [0.5, 0.6) is 0 Å². The SMILES string of the molecule is NCCCCCCCCn1ccc2cc(F)ccc21. The number of aromatic nitrogens is 1. The molecule has 0 spiro atoms. The van der Waals surface area contributed by atoms with Gasteiger partial charge < -0.3 is 10.3 Å². The van der Waals surface area contributed by atoms with Crippen molar-refractivity contribution in [2.45, 2.75) is 45.1 Å². The number of hydrogen-bond acceptors (Lipinski definition) is 1. The number of hydrogen-bond donors (Lipinski definition) is 1. The molecule has 0 aliphatic carbocycles. The molecule has 104 valence electrons. The molecule has 19 heavy (non-hydrogen) atoms. The standard InChI is InChI=1S/C16H23FN2/c17-15-7-8-16-14(13-15)9-12-19(16)11-6-4-2-1-3-5-10-18/h7-9,12-13H,1-6,10-11,18H2. The second-order valence-electron chi connectivity index (χ2n) is 5.12. The average Bonchev–Trinajstić information content (AvgIpc) is 2.80. The molecule has 3 heteroatoms. The molecular weight excluding hydrogens is 239 g/mol. The number of fused-ring (bicyclic) bond motifs is 1. The van der Waals surface area contributed by atoms with Gasteiger partial charge in [0.1, 0.15) is 5.82 Å². The first-order chi connectivity index (χ1) is 9.31. The Morgan fingerprint density at radius 1 is 0.947 bits per heavy atom. The van der Waals surface area contributed by atoms with Crippen LogP contribution >= 0.6 is 0 Å². The van der Waals surface area contributed by atoms with Crippen LogP contribution in [0.25, 0.3) is 10.9 Å². The third kappa shape index (κ3) is 4.06. The van der Waals surface area contributed by atoms with Crippen molar-refractivity contribution in [3.8, 4) is 0 Å². The van der Waals surface area contributed by atoms with Crippen LogP contribution in [0.2, 0.25) is 0 Å². The molecule has 0 atom stereocenters. The zero-order valence-electron chi connectivity index (χ0n) is 11.4. The molecule has 0 fully saturated rings. The quantitative estimate of drug-likeness (QED) is 0.714. The third-order valence-corrected chi connectivity index (χ3v) is 3.59. The van der Waals surface area contributed by atoms with E-state index in [1.54, 1.807) is 6.07 Å². The summed E-state index contributed by atoms with van der Waals surface area (Å²) in [5.74, 6) is -0.162. The summed E-state index contributed by atoms with van der Waals surface area (Å²) >= 11 is 0. The number of aryl methyl sites for hydroxylation is 1. The highest BCUT2D eigenvalue weighted by Crippen LogP contribution is 2.18. The number of benzene rings is 1. The zero-order chi connectivity index (χ0) is 13.5. The Bertz CT molecular complexity index is 504. The molecule has 2 rings (SSSR count). The molecule has 2 aromatic rings. The molecule has 0 unspecified atom stereocenters. The molecule has 0 bridgehead atoms. The van der Waals surface area contributed by atoms with Crippen molar-refractivity contribution < 1.29 is 4.39 Å². The van der Waals surface area contributed by atoms with E-state index in [4.69, 9.17) is 5.73 Å². The topological polar surface area (TPSA) is 30.9 Å². The van der Waals surface area contributed by atoms with E-state index in [1.807, 2.05) is 12.1 Å². The highest BCUT2D eigenvalue weighted by Gasteiger charge is 2.01.